The SMILES string of the molecule is Cc1ccc(CN2C(=O)N/C(=C/c3cn(Cc4ccc(Cl)c(Cl)c4)c4ccccc34)C2=O)cc1. The first-order valence-electron chi connectivity index (χ1n) is 10.8. The number of benzene rings is 3. The van der Waals surface area contributed by atoms with Crippen LogP contribution in [-0.2, 0) is 17.9 Å². The maximum absolute atomic E-state index is 13.0. The van der Waals surface area contributed by atoms with Crippen LogP contribution in [0.3, 0.4) is 0 Å². The van der Waals surface area contributed by atoms with Crippen molar-refractivity contribution in [2.45, 2.75) is 20.0 Å². The quantitative estimate of drug-likeness (QED) is 0.260. The molecule has 3 amide bonds. The standard InChI is InChI=1S/C27H21Cl2N3O2/c1-17-6-8-18(9-7-17)15-32-26(33)24(30-27(32)34)13-20-16-31(25-5-3-2-4-21(20)25)14-19-10-11-22(28)23(29)12-19/h2-13,16H,14-15H2,1H3,(H,30,34)/b24-13+. The normalized spacial score (nSPS) is 14.9. The minimum Gasteiger partial charge on any atom is -0.342 e. The molecule has 0 atom stereocenters. The molecule has 7 heteroatoms. The first-order valence-corrected chi connectivity index (χ1v) is 11.6. The summed E-state index contributed by atoms with van der Waals surface area (Å²) in [7, 11) is 0. The summed E-state index contributed by atoms with van der Waals surface area (Å²) in [5, 5.41) is 4.73. The maximum Gasteiger partial charge on any atom is 0.329 e. The number of nitrogens with zero attached hydrogens (tertiary/aromatic N) is 2. The van der Waals surface area contributed by atoms with Crippen molar-refractivity contribution in [1.82, 2.24) is 14.8 Å². The molecule has 0 spiro atoms. The maximum atomic E-state index is 13.0. The minimum absolute atomic E-state index is 0.224. The molecule has 1 N–H and O–H groups in total. The Balaban J connectivity index is 1.45. The molecule has 5 nitrogen and oxygen atoms in total. The number of carbonyl (C=O) groups is 2. The lowest BCUT2D eigenvalue weighted by molar-refractivity contribution is -0.123. The smallest absolute Gasteiger partial charge is 0.329 e. The lowest BCUT2D eigenvalue weighted by atomic mass is 10.1. The number of imide groups is 1. The van der Waals surface area contributed by atoms with Crippen molar-refractivity contribution in [3.8, 4) is 0 Å². The number of carbonyl (C=O) groups excluding carboxylic acids is 2. The van der Waals surface area contributed by atoms with E-state index in [0.29, 0.717) is 16.6 Å². The number of nitrogens with one attached hydrogen (secondary N) is 1. The van der Waals surface area contributed by atoms with E-state index in [0.717, 1.165) is 33.2 Å². The average Bonchev–Trinajstić information content (AvgIpc) is 3.30. The number of rotatable bonds is 5. The molecule has 1 saturated heterocycles. The van der Waals surface area contributed by atoms with Crippen molar-refractivity contribution >= 4 is 52.1 Å². The van der Waals surface area contributed by atoms with Crippen LogP contribution in [0.25, 0.3) is 17.0 Å². The third-order valence-electron chi connectivity index (χ3n) is 5.88. The molecule has 1 aliphatic rings. The number of halogens is 2. The van der Waals surface area contributed by atoms with Gasteiger partial charge in [0.2, 0.25) is 0 Å². The van der Waals surface area contributed by atoms with Crippen LogP contribution in [0, 0.1) is 6.92 Å². The number of aryl methyl sites for hydroxylation is 1. The molecule has 0 unspecified atom stereocenters. The van der Waals surface area contributed by atoms with Crippen LogP contribution in [0.4, 0.5) is 4.79 Å². The van der Waals surface area contributed by atoms with E-state index in [1.165, 1.54) is 4.90 Å². The van der Waals surface area contributed by atoms with Gasteiger partial charge in [-0.25, -0.2) is 4.79 Å². The molecule has 0 saturated carbocycles. The Labute approximate surface area is 207 Å². The zero-order valence-corrected chi connectivity index (χ0v) is 19.9. The van der Waals surface area contributed by atoms with Gasteiger partial charge in [0.15, 0.2) is 0 Å². The van der Waals surface area contributed by atoms with Gasteiger partial charge in [-0.3, -0.25) is 9.69 Å². The third-order valence-corrected chi connectivity index (χ3v) is 6.62. The molecule has 170 valence electrons. The van der Waals surface area contributed by atoms with Crippen molar-refractivity contribution in [2.24, 2.45) is 0 Å². The van der Waals surface area contributed by atoms with Gasteiger partial charge in [-0.15, -0.1) is 0 Å². The van der Waals surface area contributed by atoms with Gasteiger partial charge >= 0.3 is 6.03 Å². The zero-order valence-electron chi connectivity index (χ0n) is 18.4. The largest absolute Gasteiger partial charge is 0.342 e. The van der Waals surface area contributed by atoms with E-state index in [9.17, 15) is 9.59 Å². The topological polar surface area (TPSA) is 54.3 Å². The van der Waals surface area contributed by atoms with E-state index in [2.05, 4.69) is 9.88 Å². The Morgan fingerprint density at radius 1 is 0.882 bits per heavy atom. The molecule has 1 fully saturated rings. The number of para-hydroxylation sites is 1. The van der Waals surface area contributed by atoms with Gasteiger partial charge in [0.1, 0.15) is 5.70 Å². The molecule has 1 aromatic heterocycles. The first-order chi connectivity index (χ1) is 16.4. The van der Waals surface area contributed by atoms with Crippen LogP contribution in [0.15, 0.2) is 78.6 Å². The molecule has 34 heavy (non-hydrogen) atoms. The summed E-state index contributed by atoms with van der Waals surface area (Å²) in [6.45, 7) is 2.80. The number of hydrogen-bond acceptors (Lipinski definition) is 2. The van der Waals surface area contributed by atoms with Gasteiger partial charge in [0, 0.05) is 29.2 Å². The first kappa shape index (κ1) is 22.3. The Morgan fingerprint density at radius 3 is 2.38 bits per heavy atom. The summed E-state index contributed by atoms with van der Waals surface area (Å²) in [5.41, 5.74) is 5.14. The van der Waals surface area contributed by atoms with Gasteiger partial charge < -0.3 is 9.88 Å². The zero-order chi connectivity index (χ0) is 23.8. The second kappa shape index (κ2) is 9.01. The molecule has 4 aromatic rings. The second-order valence-electron chi connectivity index (χ2n) is 8.34. The Kier molecular flexibility index (Phi) is 5.90. The number of amides is 3. The van der Waals surface area contributed by atoms with Crippen LogP contribution < -0.4 is 5.32 Å². The molecule has 0 aliphatic carbocycles. The Bertz CT molecular complexity index is 1450. The molecule has 3 aromatic carbocycles. The van der Waals surface area contributed by atoms with Gasteiger partial charge in [0.05, 0.1) is 16.6 Å². The van der Waals surface area contributed by atoms with Crippen LogP contribution in [0.1, 0.15) is 22.3 Å². The number of fused-ring (bicyclic) bond motifs is 1. The van der Waals surface area contributed by atoms with E-state index < -0.39 is 6.03 Å². The van der Waals surface area contributed by atoms with E-state index in [4.69, 9.17) is 23.2 Å². The van der Waals surface area contributed by atoms with Gasteiger partial charge in [-0.1, -0.05) is 77.3 Å². The van der Waals surface area contributed by atoms with Crippen molar-refractivity contribution in [2.75, 3.05) is 0 Å². The highest BCUT2D eigenvalue weighted by atomic mass is 35.5. The summed E-state index contributed by atoms with van der Waals surface area (Å²) < 4.78 is 2.09. The fraction of sp³-hybridized carbons (Fsp3) is 0.111. The molecule has 5 rings (SSSR count). The average molecular weight is 490 g/mol. The monoisotopic (exact) mass is 489 g/mol. The minimum atomic E-state index is -0.420. The van der Waals surface area contributed by atoms with Crippen LogP contribution in [-0.4, -0.2) is 21.4 Å². The van der Waals surface area contributed by atoms with Crippen molar-refractivity contribution < 1.29 is 9.59 Å². The van der Waals surface area contributed by atoms with Crippen LogP contribution in [0.5, 0.6) is 0 Å². The van der Waals surface area contributed by atoms with Crippen molar-refractivity contribution in [3.63, 3.8) is 0 Å². The van der Waals surface area contributed by atoms with Gasteiger partial charge in [-0.05, 0) is 42.3 Å². The summed E-state index contributed by atoms with van der Waals surface area (Å²) in [5.74, 6) is -0.341. The number of hydrogen-bond donors (Lipinski definition) is 1. The summed E-state index contributed by atoms with van der Waals surface area (Å²) in [4.78, 5) is 26.8. The van der Waals surface area contributed by atoms with Gasteiger partial charge in [0.25, 0.3) is 5.91 Å². The molecule has 1 aliphatic heterocycles. The van der Waals surface area contributed by atoms with E-state index in [1.807, 2.05) is 73.8 Å². The molecule has 2 heterocycles. The van der Waals surface area contributed by atoms with Gasteiger partial charge in [-0.2, -0.15) is 0 Å². The molecular formula is C27H21Cl2N3O2. The summed E-state index contributed by atoms with van der Waals surface area (Å²) >= 11 is 12.2. The Morgan fingerprint density at radius 2 is 1.62 bits per heavy atom. The lowest BCUT2D eigenvalue weighted by Gasteiger charge is -2.11. The fourth-order valence-corrected chi connectivity index (χ4v) is 4.42. The van der Waals surface area contributed by atoms with Crippen molar-refractivity contribution in [3.05, 3.63) is 111 Å². The predicted molar refractivity (Wildman–Crippen MR) is 136 cm³/mol. The molecule has 0 radical (unpaired) electrons. The second-order valence-corrected chi connectivity index (χ2v) is 9.16. The Hall–Kier alpha value is -3.54. The molecular weight excluding hydrogens is 469 g/mol. The summed E-state index contributed by atoms with van der Waals surface area (Å²) in [6, 6.07) is 20.9. The number of aromatic nitrogens is 1. The molecule has 0 bridgehead atoms. The van der Waals surface area contributed by atoms with Crippen LogP contribution >= 0.6 is 23.2 Å². The van der Waals surface area contributed by atoms with E-state index >= 15 is 0 Å². The summed E-state index contributed by atoms with van der Waals surface area (Å²) in [6.07, 6.45) is 3.71. The third kappa shape index (κ3) is 4.32. The number of urea groups is 1. The highest BCUT2D eigenvalue weighted by molar-refractivity contribution is 6.42. The van der Waals surface area contributed by atoms with Crippen LogP contribution in [0.2, 0.25) is 10.0 Å². The highest BCUT2D eigenvalue weighted by Crippen LogP contribution is 2.28. The lowest BCUT2D eigenvalue weighted by Crippen LogP contribution is -2.30. The predicted octanol–water partition coefficient (Wildman–Crippen LogP) is 6.40. The highest BCUT2D eigenvalue weighted by Gasteiger charge is 2.33. The van der Waals surface area contributed by atoms with E-state index in [1.54, 1.807) is 12.1 Å². The fourth-order valence-electron chi connectivity index (χ4n) is 4.10. The van der Waals surface area contributed by atoms with Crippen molar-refractivity contribution in [1.29, 1.82) is 0 Å². The van der Waals surface area contributed by atoms with E-state index in [-0.39, 0.29) is 18.1 Å².